The number of halogens is 1. The fraction of sp³-hybridized carbons (Fsp3) is 0.400. The molecule has 2 aromatic rings. The normalized spacial score (nSPS) is 12.2. The summed E-state index contributed by atoms with van der Waals surface area (Å²) in [7, 11) is 0. The van der Waals surface area contributed by atoms with Crippen molar-refractivity contribution < 1.29 is 9.13 Å². The van der Waals surface area contributed by atoms with Crippen LogP contribution in [-0.2, 0) is 0 Å². The summed E-state index contributed by atoms with van der Waals surface area (Å²) in [5.41, 5.74) is 10.4. The van der Waals surface area contributed by atoms with Gasteiger partial charge in [-0.3, -0.25) is 0 Å². The molecule has 0 radical (unpaired) electrons. The third kappa shape index (κ3) is 4.80. The Balaban J connectivity index is 1.89. The minimum absolute atomic E-state index is 0.175. The number of ether oxygens (including phenoxy) is 1. The highest BCUT2D eigenvalue weighted by Crippen LogP contribution is 2.26. The second-order valence-corrected chi connectivity index (χ2v) is 6.21. The van der Waals surface area contributed by atoms with Crippen molar-refractivity contribution in [1.82, 2.24) is 0 Å². The van der Waals surface area contributed by atoms with E-state index in [1.165, 1.54) is 22.8 Å². The van der Waals surface area contributed by atoms with Gasteiger partial charge in [0.1, 0.15) is 11.6 Å². The highest BCUT2D eigenvalue weighted by molar-refractivity contribution is 5.42. The summed E-state index contributed by atoms with van der Waals surface area (Å²) in [6.45, 7) is 7.41. The van der Waals surface area contributed by atoms with Crippen molar-refractivity contribution in [2.45, 2.75) is 39.5 Å². The molecule has 0 aliphatic heterocycles. The smallest absolute Gasteiger partial charge is 0.125 e. The van der Waals surface area contributed by atoms with Crippen LogP contribution in [0.2, 0.25) is 0 Å². The first kappa shape index (κ1) is 17.5. The molecule has 0 amide bonds. The van der Waals surface area contributed by atoms with E-state index in [2.05, 4.69) is 32.9 Å². The van der Waals surface area contributed by atoms with Crippen molar-refractivity contribution in [1.29, 1.82) is 0 Å². The Hall–Kier alpha value is -1.87. The number of nitrogens with two attached hydrogens (primary N) is 1. The summed E-state index contributed by atoms with van der Waals surface area (Å²) in [6, 6.07) is 11.0. The Morgan fingerprint density at radius 3 is 2.39 bits per heavy atom. The Morgan fingerprint density at radius 1 is 1.09 bits per heavy atom. The molecule has 0 aliphatic carbocycles. The Kier molecular flexibility index (Phi) is 6.17. The van der Waals surface area contributed by atoms with Crippen molar-refractivity contribution in [2.75, 3.05) is 13.2 Å². The van der Waals surface area contributed by atoms with Gasteiger partial charge >= 0.3 is 0 Å². The lowest BCUT2D eigenvalue weighted by atomic mass is 9.94. The predicted molar refractivity (Wildman–Crippen MR) is 93.6 cm³/mol. The number of benzene rings is 2. The van der Waals surface area contributed by atoms with E-state index in [9.17, 15) is 4.39 Å². The number of aryl methyl sites for hydroxylation is 3. The maximum atomic E-state index is 13.3. The van der Waals surface area contributed by atoms with Crippen LogP contribution < -0.4 is 10.5 Å². The zero-order valence-corrected chi connectivity index (χ0v) is 14.2. The molecule has 2 rings (SSSR count). The molecule has 0 bridgehead atoms. The molecule has 0 aromatic heterocycles. The largest absolute Gasteiger partial charge is 0.493 e. The standard InChI is InChI=1S/C20H26FNO/c1-14-10-15(2)20(16(3)11-14)23-9-5-7-18(13-22)17-6-4-8-19(21)12-17/h4,6,8,10-12,18H,5,7,9,13,22H2,1-3H3. The maximum absolute atomic E-state index is 13.3. The van der Waals surface area contributed by atoms with E-state index < -0.39 is 0 Å². The van der Waals surface area contributed by atoms with Gasteiger partial charge < -0.3 is 10.5 Å². The molecule has 0 fully saturated rings. The average Bonchev–Trinajstić information content (AvgIpc) is 2.49. The van der Waals surface area contributed by atoms with Gasteiger partial charge in [0.2, 0.25) is 0 Å². The minimum atomic E-state index is -0.205. The SMILES string of the molecule is Cc1cc(C)c(OCCCC(CN)c2cccc(F)c2)c(C)c1. The van der Waals surface area contributed by atoms with Crippen molar-refractivity contribution in [3.63, 3.8) is 0 Å². The molecule has 23 heavy (non-hydrogen) atoms. The summed E-state index contributed by atoms with van der Waals surface area (Å²) in [5, 5.41) is 0. The van der Waals surface area contributed by atoms with E-state index in [-0.39, 0.29) is 11.7 Å². The van der Waals surface area contributed by atoms with E-state index in [4.69, 9.17) is 10.5 Å². The van der Waals surface area contributed by atoms with Gasteiger partial charge in [0.25, 0.3) is 0 Å². The first-order chi connectivity index (χ1) is 11.0. The second kappa shape index (κ2) is 8.11. The molecular weight excluding hydrogens is 289 g/mol. The number of rotatable bonds is 7. The molecule has 0 spiro atoms. The predicted octanol–water partition coefficient (Wildman–Crippen LogP) is 4.65. The summed E-state index contributed by atoms with van der Waals surface area (Å²) in [4.78, 5) is 0. The van der Waals surface area contributed by atoms with Crippen LogP contribution in [0.3, 0.4) is 0 Å². The maximum Gasteiger partial charge on any atom is 0.125 e. The Bertz CT molecular complexity index is 631. The van der Waals surface area contributed by atoms with Crippen molar-refractivity contribution in [3.8, 4) is 5.75 Å². The topological polar surface area (TPSA) is 35.2 Å². The fourth-order valence-corrected chi connectivity index (χ4v) is 3.08. The van der Waals surface area contributed by atoms with Crippen molar-refractivity contribution in [3.05, 3.63) is 64.5 Å². The van der Waals surface area contributed by atoms with Crippen LogP contribution in [0, 0.1) is 26.6 Å². The average molecular weight is 315 g/mol. The molecule has 1 atom stereocenters. The van der Waals surface area contributed by atoms with E-state index in [0.717, 1.165) is 24.2 Å². The van der Waals surface area contributed by atoms with E-state index in [0.29, 0.717) is 13.2 Å². The summed E-state index contributed by atoms with van der Waals surface area (Å²) < 4.78 is 19.3. The fourth-order valence-electron chi connectivity index (χ4n) is 3.08. The lowest BCUT2D eigenvalue weighted by molar-refractivity contribution is 0.298. The molecule has 0 saturated heterocycles. The molecule has 0 aliphatic rings. The molecule has 0 saturated carbocycles. The van der Waals surface area contributed by atoms with Crippen LogP contribution in [0.4, 0.5) is 4.39 Å². The molecule has 124 valence electrons. The molecule has 2 N–H and O–H groups in total. The van der Waals surface area contributed by atoms with Gasteiger partial charge in [0.15, 0.2) is 0 Å². The summed E-state index contributed by atoms with van der Waals surface area (Å²) >= 11 is 0. The third-order valence-corrected chi connectivity index (χ3v) is 4.15. The van der Waals surface area contributed by atoms with Gasteiger partial charge in [-0.05, 0) is 74.9 Å². The molecule has 2 nitrogen and oxygen atoms in total. The van der Waals surface area contributed by atoms with E-state index >= 15 is 0 Å². The lowest BCUT2D eigenvalue weighted by Crippen LogP contribution is -2.14. The quantitative estimate of drug-likeness (QED) is 0.755. The zero-order chi connectivity index (χ0) is 16.8. The van der Waals surface area contributed by atoms with Crippen LogP contribution in [0.1, 0.15) is 41.0 Å². The first-order valence-electron chi connectivity index (χ1n) is 8.17. The number of hydrogen-bond acceptors (Lipinski definition) is 2. The molecular formula is C20H26FNO. The van der Waals surface area contributed by atoms with Crippen LogP contribution in [0.25, 0.3) is 0 Å². The van der Waals surface area contributed by atoms with Crippen molar-refractivity contribution in [2.24, 2.45) is 5.73 Å². The van der Waals surface area contributed by atoms with Crippen LogP contribution in [-0.4, -0.2) is 13.2 Å². The Labute approximate surface area is 138 Å². The number of hydrogen-bond donors (Lipinski definition) is 1. The molecule has 2 aromatic carbocycles. The minimum Gasteiger partial charge on any atom is -0.493 e. The first-order valence-corrected chi connectivity index (χ1v) is 8.17. The summed E-state index contributed by atoms with van der Waals surface area (Å²) in [6.07, 6.45) is 1.79. The van der Waals surface area contributed by atoms with Gasteiger partial charge in [-0.25, -0.2) is 4.39 Å². The summed E-state index contributed by atoms with van der Waals surface area (Å²) in [5.74, 6) is 0.947. The highest BCUT2D eigenvalue weighted by atomic mass is 19.1. The van der Waals surface area contributed by atoms with Gasteiger partial charge in [0, 0.05) is 0 Å². The van der Waals surface area contributed by atoms with Crippen molar-refractivity contribution >= 4 is 0 Å². The molecule has 3 heteroatoms. The molecule has 1 unspecified atom stereocenters. The van der Waals surface area contributed by atoms with Gasteiger partial charge in [-0.15, -0.1) is 0 Å². The van der Waals surface area contributed by atoms with Gasteiger partial charge in [0.05, 0.1) is 6.61 Å². The third-order valence-electron chi connectivity index (χ3n) is 4.15. The van der Waals surface area contributed by atoms with Crippen LogP contribution >= 0.6 is 0 Å². The van der Waals surface area contributed by atoms with Gasteiger partial charge in [-0.1, -0.05) is 29.8 Å². The molecule has 0 heterocycles. The Morgan fingerprint density at radius 2 is 1.78 bits per heavy atom. The van der Waals surface area contributed by atoms with E-state index in [1.54, 1.807) is 12.1 Å². The lowest BCUT2D eigenvalue weighted by Gasteiger charge is -2.17. The monoisotopic (exact) mass is 315 g/mol. The van der Waals surface area contributed by atoms with Crippen LogP contribution in [0.5, 0.6) is 5.75 Å². The van der Waals surface area contributed by atoms with Gasteiger partial charge in [-0.2, -0.15) is 0 Å². The van der Waals surface area contributed by atoms with Crippen LogP contribution in [0.15, 0.2) is 36.4 Å². The van der Waals surface area contributed by atoms with E-state index in [1.807, 2.05) is 6.07 Å². The second-order valence-electron chi connectivity index (χ2n) is 6.21. The zero-order valence-electron chi connectivity index (χ0n) is 14.2. The highest BCUT2D eigenvalue weighted by Gasteiger charge is 2.11.